The molecule has 1 aliphatic carbocycles. The van der Waals surface area contributed by atoms with Crippen molar-refractivity contribution in [2.24, 2.45) is 5.92 Å². The zero-order valence-electron chi connectivity index (χ0n) is 22.0. The van der Waals surface area contributed by atoms with Crippen molar-refractivity contribution in [2.75, 3.05) is 38.0 Å². The third-order valence-electron chi connectivity index (χ3n) is 8.05. The molecule has 0 bridgehead atoms. The molecule has 8 nitrogen and oxygen atoms in total. The van der Waals surface area contributed by atoms with Gasteiger partial charge in [0.15, 0.2) is 0 Å². The van der Waals surface area contributed by atoms with Gasteiger partial charge in [-0.2, -0.15) is 5.10 Å². The monoisotopic (exact) mass is 538 g/mol. The minimum atomic E-state index is -2.30. The normalized spacial score (nSPS) is 18.1. The summed E-state index contributed by atoms with van der Waals surface area (Å²) in [5.74, 6) is 1.43. The van der Waals surface area contributed by atoms with Gasteiger partial charge in [-0.15, -0.1) is 0 Å². The number of anilines is 2. The zero-order chi connectivity index (χ0) is 26.9. The van der Waals surface area contributed by atoms with Crippen LogP contribution >= 0.6 is 0 Å². The van der Waals surface area contributed by atoms with E-state index in [4.69, 9.17) is 0 Å². The van der Waals surface area contributed by atoms with Crippen LogP contribution < -0.4 is 5.32 Å². The number of nitrogens with zero attached hydrogens (tertiary/aromatic N) is 6. The van der Waals surface area contributed by atoms with E-state index in [9.17, 15) is 8.78 Å². The van der Waals surface area contributed by atoms with Gasteiger partial charge in [0.25, 0.3) is 6.43 Å². The first kappa shape index (κ1) is 25.8. The van der Waals surface area contributed by atoms with E-state index in [1.807, 2.05) is 27.9 Å². The molecule has 1 saturated heterocycles. The molecule has 6 rings (SSSR count). The maximum Gasteiger partial charge on any atom is 0.251 e. The van der Waals surface area contributed by atoms with E-state index in [1.165, 1.54) is 25.3 Å². The molecule has 0 radical (unpaired) electrons. The van der Waals surface area contributed by atoms with Crippen molar-refractivity contribution in [3.63, 3.8) is 0 Å². The highest BCUT2D eigenvalue weighted by Crippen LogP contribution is 2.31. The minimum Gasteiger partial charge on any atom is -0.324 e. The summed E-state index contributed by atoms with van der Waals surface area (Å²) >= 11 is 0. The molecule has 1 saturated carbocycles. The average Bonchev–Trinajstić information content (AvgIpc) is 3.51. The number of aromatic nitrogens is 5. The molecule has 2 fully saturated rings. The first-order chi connectivity index (χ1) is 18.9. The first-order valence-electron chi connectivity index (χ1n) is 13.6. The maximum absolute atomic E-state index is 15.0. The van der Waals surface area contributed by atoms with E-state index in [1.54, 1.807) is 18.5 Å². The van der Waals surface area contributed by atoms with Crippen LogP contribution in [0.4, 0.5) is 24.9 Å². The van der Waals surface area contributed by atoms with Crippen LogP contribution in [0.1, 0.15) is 37.8 Å². The summed E-state index contributed by atoms with van der Waals surface area (Å²) < 4.78 is 42.3. The summed E-state index contributed by atoms with van der Waals surface area (Å²) in [6.07, 6.45) is 6.80. The summed E-state index contributed by atoms with van der Waals surface area (Å²) in [6, 6.07) is 7.25. The lowest BCUT2D eigenvalue weighted by molar-refractivity contribution is 0.0456. The molecule has 4 heterocycles. The van der Waals surface area contributed by atoms with Gasteiger partial charge in [0.1, 0.15) is 11.6 Å². The fourth-order valence-electron chi connectivity index (χ4n) is 5.49. The lowest BCUT2D eigenvalue weighted by Gasteiger charge is -2.38. The first-order valence-corrected chi connectivity index (χ1v) is 13.6. The molecule has 206 valence electrons. The van der Waals surface area contributed by atoms with Crippen molar-refractivity contribution in [3.8, 4) is 11.1 Å². The predicted octanol–water partition coefficient (Wildman–Crippen LogP) is 5.45. The number of nitrogens with one attached hydrogen (secondary N) is 2. The van der Waals surface area contributed by atoms with Crippen molar-refractivity contribution in [1.29, 1.82) is 0 Å². The number of halogens is 3. The molecule has 2 N–H and O–H groups in total. The summed E-state index contributed by atoms with van der Waals surface area (Å²) in [6.45, 7) is 5.54. The maximum atomic E-state index is 15.0. The Hall–Kier alpha value is -3.44. The van der Waals surface area contributed by atoms with Crippen LogP contribution in [-0.4, -0.2) is 73.7 Å². The number of fused-ring (bicyclic) bond motifs is 1. The molecular weight excluding hydrogens is 505 g/mol. The number of alkyl halides is 2. The number of hydrogen-bond acceptors (Lipinski definition) is 6. The van der Waals surface area contributed by atoms with E-state index in [-0.39, 0.29) is 18.4 Å². The molecule has 0 spiro atoms. The molecule has 3 aromatic heterocycles. The zero-order valence-corrected chi connectivity index (χ0v) is 22.0. The van der Waals surface area contributed by atoms with Gasteiger partial charge >= 0.3 is 0 Å². The van der Waals surface area contributed by atoms with Gasteiger partial charge in [0, 0.05) is 68.4 Å². The third-order valence-corrected chi connectivity index (χ3v) is 8.05. The van der Waals surface area contributed by atoms with Crippen molar-refractivity contribution < 1.29 is 13.2 Å². The fourth-order valence-corrected chi connectivity index (χ4v) is 5.49. The van der Waals surface area contributed by atoms with Crippen molar-refractivity contribution in [3.05, 3.63) is 54.2 Å². The Kier molecular flexibility index (Phi) is 7.26. The summed E-state index contributed by atoms with van der Waals surface area (Å²) in [5.41, 5.74) is 3.52. The van der Waals surface area contributed by atoms with Gasteiger partial charge in [0.2, 0.25) is 5.95 Å². The Balaban J connectivity index is 1.14. The number of pyridine rings is 1. The van der Waals surface area contributed by atoms with Crippen molar-refractivity contribution in [1.82, 2.24) is 34.5 Å². The Morgan fingerprint density at radius 1 is 1.13 bits per heavy atom. The van der Waals surface area contributed by atoms with Gasteiger partial charge in [-0.05, 0) is 49.4 Å². The smallest absolute Gasteiger partial charge is 0.251 e. The Morgan fingerprint density at radius 3 is 2.69 bits per heavy atom. The quantitative estimate of drug-likeness (QED) is 0.295. The second-order valence-electron chi connectivity index (χ2n) is 10.7. The van der Waals surface area contributed by atoms with E-state index in [0.717, 1.165) is 30.8 Å². The highest BCUT2D eigenvalue weighted by atomic mass is 19.3. The molecule has 1 atom stereocenters. The summed E-state index contributed by atoms with van der Waals surface area (Å²) in [5, 5.41) is 7.64. The van der Waals surface area contributed by atoms with E-state index in [0.29, 0.717) is 47.4 Å². The van der Waals surface area contributed by atoms with Gasteiger partial charge < -0.3 is 10.3 Å². The van der Waals surface area contributed by atoms with Crippen LogP contribution in [0.15, 0.2) is 42.9 Å². The van der Waals surface area contributed by atoms with Gasteiger partial charge in [0.05, 0.1) is 23.8 Å². The van der Waals surface area contributed by atoms with Gasteiger partial charge in [-0.3, -0.25) is 14.5 Å². The largest absolute Gasteiger partial charge is 0.324 e. The molecule has 11 heteroatoms. The van der Waals surface area contributed by atoms with Gasteiger partial charge in [-0.25, -0.2) is 23.1 Å². The summed E-state index contributed by atoms with van der Waals surface area (Å²) in [4.78, 5) is 16.3. The number of benzene rings is 1. The molecule has 39 heavy (non-hydrogen) atoms. The Bertz CT molecular complexity index is 1420. The molecule has 1 aromatic carbocycles. The number of imidazole rings is 1. The molecule has 4 aromatic rings. The molecule has 1 aliphatic heterocycles. The number of piperazine rings is 1. The van der Waals surface area contributed by atoms with Crippen LogP contribution in [0.5, 0.6) is 0 Å². The number of rotatable bonds is 9. The Morgan fingerprint density at radius 2 is 1.95 bits per heavy atom. The lowest BCUT2D eigenvalue weighted by Crippen LogP contribution is -2.48. The lowest BCUT2D eigenvalue weighted by atomic mass is 9.85. The molecule has 1 unspecified atom stereocenters. The molecule has 2 aliphatic rings. The van der Waals surface area contributed by atoms with Crippen LogP contribution in [-0.2, 0) is 6.54 Å². The average molecular weight is 539 g/mol. The highest BCUT2D eigenvalue weighted by Gasteiger charge is 2.24. The predicted molar refractivity (Wildman–Crippen MR) is 145 cm³/mol. The Labute approximate surface area is 225 Å². The number of hydrogen-bond donors (Lipinski definition) is 2. The van der Waals surface area contributed by atoms with Crippen LogP contribution in [0.2, 0.25) is 0 Å². The third kappa shape index (κ3) is 5.79. The van der Waals surface area contributed by atoms with Crippen LogP contribution in [0.25, 0.3) is 22.2 Å². The summed E-state index contributed by atoms with van der Waals surface area (Å²) in [7, 11) is 0. The van der Waals surface area contributed by atoms with Gasteiger partial charge in [-0.1, -0.05) is 6.42 Å². The van der Waals surface area contributed by atoms with E-state index >= 15 is 4.39 Å². The standard InChI is InChI=1S/C28H33F3N8/c1-18(38-9-7-37(8-10-38)17-26(30)31)20-5-6-32-27(11-20)36-28-34-24-12-22(23(29)13-25(24)35-28)21-14-33-39(16-21)15-19-3-2-4-19/h5-6,11-14,16,18-19,26H,2-4,7-10,15,17H2,1H3,(H2,32,34,35,36). The van der Waals surface area contributed by atoms with Crippen molar-refractivity contribution in [2.45, 2.75) is 45.2 Å². The van der Waals surface area contributed by atoms with Crippen LogP contribution in [0.3, 0.4) is 0 Å². The molecular formula is C28H33F3N8. The SMILES string of the molecule is CC(c1ccnc(Nc2nc3cc(-c4cnn(CC5CCC5)c4)c(F)cc3[nH]2)c1)N1CCN(CC(F)F)CC1. The van der Waals surface area contributed by atoms with E-state index < -0.39 is 6.43 Å². The second kappa shape index (κ2) is 11.0. The molecule has 0 amide bonds. The minimum absolute atomic E-state index is 0.111. The van der Waals surface area contributed by atoms with Crippen LogP contribution in [0, 0.1) is 11.7 Å². The topological polar surface area (TPSA) is 77.9 Å². The number of H-pyrrole nitrogens is 1. The van der Waals surface area contributed by atoms with Crippen molar-refractivity contribution >= 4 is 22.8 Å². The highest BCUT2D eigenvalue weighted by molar-refractivity contribution is 5.84. The fraction of sp³-hybridized carbons (Fsp3) is 0.464. The second-order valence-corrected chi connectivity index (χ2v) is 10.7. The van der Waals surface area contributed by atoms with E-state index in [2.05, 4.69) is 37.2 Å². The number of aromatic amines is 1.